The van der Waals surface area contributed by atoms with E-state index in [1.54, 1.807) is 54.6 Å². The van der Waals surface area contributed by atoms with Gasteiger partial charge in [-0.2, -0.15) is 5.11 Å². The Bertz CT molecular complexity index is 4980. The number of hydrogen-bond acceptors (Lipinski definition) is 10. The Labute approximate surface area is 463 Å². The highest BCUT2D eigenvalue weighted by Crippen LogP contribution is 2.50. The first-order valence-electron chi connectivity index (χ1n) is 25.5. The number of ketones is 1. The number of azo groups is 2. The van der Waals surface area contributed by atoms with Gasteiger partial charge >= 0.3 is 0 Å². The molecule has 2 aromatic heterocycles. The number of halogens is 2. The van der Waals surface area contributed by atoms with E-state index in [4.69, 9.17) is 38.5 Å². The topological polar surface area (TPSA) is 197 Å². The average Bonchev–Trinajstić information content (AvgIpc) is 4.19. The van der Waals surface area contributed by atoms with Crippen molar-refractivity contribution in [1.29, 1.82) is 0 Å². The van der Waals surface area contributed by atoms with Crippen molar-refractivity contribution in [2.24, 2.45) is 25.6 Å². The van der Waals surface area contributed by atoms with Gasteiger partial charge in [0.1, 0.15) is 23.2 Å². The van der Waals surface area contributed by atoms with Crippen molar-refractivity contribution in [2.45, 2.75) is 19.9 Å². The highest BCUT2D eigenvalue weighted by atomic mass is 35.5. The summed E-state index contributed by atoms with van der Waals surface area (Å²) in [6.45, 7) is 3.77. The van der Waals surface area contributed by atoms with Crippen LogP contribution in [0, 0.1) is 18.8 Å². The molecular weight excluding hydrogens is 1040 g/mol. The minimum atomic E-state index is -1.06. The second kappa shape index (κ2) is 18.5. The number of anilines is 1. The molecule has 1 unspecified atom stereocenters. The van der Waals surface area contributed by atoms with Crippen LogP contribution < -0.4 is 5.32 Å². The molecule has 0 saturated heterocycles. The maximum atomic E-state index is 14.8. The molecule has 5 N–H and O–H groups in total. The molecule has 1 atom stereocenters. The smallest absolute Gasteiger partial charge is 0.259 e. The predicted molar refractivity (Wildman–Crippen MR) is 319 cm³/mol. The zero-order valence-corrected chi connectivity index (χ0v) is 43.9. The molecule has 0 saturated carbocycles. The molecule has 11 aromatic carbocycles. The standard InChI is InChI=1S/C65H40Cl2N8O5/c1-31-8-3-5-10-38(31)57(75-80)48-26-33-14-19-41-45-28-35(66)16-23-51(45)68-58(41)54(33)60(63(48)77)73-71-37-18-21-39-40-22-25-53(43-11-7-12-44(56(40)43)62(76)47(39)30-37)72-74-61-55-34(15-20-42-46-29-36(67)17-24-52(46)69-59(42)55)27-49(64(61)78)65(79)70-50-13-6-4-9-32(50)2/h3-30,57,68-69,77-78H,1-2H3,(H,70,79). The lowest BCUT2D eigenvalue weighted by Gasteiger charge is -2.20. The third kappa shape index (κ3) is 7.61. The zero-order valence-electron chi connectivity index (χ0n) is 42.4. The van der Waals surface area contributed by atoms with Gasteiger partial charge in [0.2, 0.25) is 0 Å². The summed E-state index contributed by atoms with van der Waals surface area (Å²) >= 11 is 12.9. The average molecular weight is 1080 g/mol. The quantitative estimate of drug-likeness (QED) is 0.0707. The van der Waals surface area contributed by atoms with Gasteiger partial charge in [-0.25, -0.2) is 0 Å². The van der Waals surface area contributed by atoms with Crippen LogP contribution in [0.2, 0.25) is 10.0 Å². The van der Waals surface area contributed by atoms with Crippen molar-refractivity contribution < 1.29 is 19.8 Å². The number of aromatic hydroxyl groups is 2. The number of aryl methyl sites for hydroxylation is 2. The van der Waals surface area contributed by atoms with Crippen LogP contribution in [0.15, 0.2) is 195 Å². The maximum absolute atomic E-state index is 14.8. The van der Waals surface area contributed by atoms with Gasteiger partial charge in [0.15, 0.2) is 11.5 Å². The minimum Gasteiger partial charge on any atom is -0.505 e. The monoisotopic (exact) mass is 1080 g/mol. The van der Waals surface area contributed by atoms with E-state index in [0.717, 1.165) is 49.3 Å². The Morgan fingerprint density at radius 2 is 1.16 bits per heavy atom. The van der Waals surface area contributed by atoms with Gasteiger partial charge in [-0.05, 0) is 125 Å². The largest absolute Gasteiger partial charge is 0.505 e. The van der Waals surface area contributed by atoms with E-state index in [-0.39, 0.29) is 39.8 Å². The van der Waals surface area contributed by atoms with Gasteiger partial charge in [-0.15, -0.1) is 20.2 Å². The van der Waals surface area contributed by atoms with Crippen molar-refractivity contribution in [3.8, 4) is 22.6 Å². The van der Waals surface area contributed by atoms with Crippen LogP contribution in [-0.4, -0.2) is 31.9 Å². The predicted octanol–water partition coefficient (Wildman–Crippen LogP) is 18.9. The van der Waals surface area contributed by atoms with Crippen molar-refractivity contribution >= 4 is 139 Å². The number of rotatable bonds is 9. The van der Waals surface area contributed by atoms with Crippen LogP contribution in [0.1, 0.15) is 54.6 Å². The van der Waals surface area contributed by atoms with Crippen molar-refractivity contribution in [3.63, 3.8) is 0 Å². The molecule has 1 amide bonds. The Morgan fingerprint density at radius 3 is 1.85 bits per heavy atom. The zero-order chi connectivity index (χ0) is 54.7. The normalized spacial score (nSPS) is 12.8. The fourth-order valence-electron chi connectivity index (χ4n) is 11.5. The number of phenolic OH excluding ortho intramolecular Hbond substituents is 2. The van der Waals surface area contributed by atoms with Crippen LogP contribution in [0.3, 0.4) is 0 Å². The molecule has 13 nitrogen and oxygen atoms in total. The number of aromatic nitrogens is 2. The number of amides is 1. The Kier molecular flexibility index (Phi) is 11.2. The second-order valence-electron chi connectivity index (χ2n) is 20.0. The molecule has 0 radical (unpaired) electrons. The van der Waals surface area contributed by atoms with Crippen LogP contribution in [0.5, 0.6) is 11.5 Å². The van der Waals surface area contributed by atoms with Crippen LogP contribution in [-0.2, 0) is 0 Å². The van der Waals surface area contributed by atoms with E-state index in [1.807, 2.05) is 129 Å². The SMILES string of the molecule is Cc1ccccc1NC(=O)c1cc2ccc3c4cc(Cl)ccc4[nH]c3c2c(N=Nc2ccc3c4c(cccc24)C(=O)c2cc(N=Nc4c(O)c(C(N=O)c5ccccc5C)cc5ccc6c7cc(Cl)ccc7[nH]c6c45)ccc2-3)c1O. The fraction of sp³-hybridized carbons (Fsp3) is 0.0462. The van der Waals surface area contributed by atoms with Gasteiger partial charge in [0, 0.05) is 86.5 Å². The molecule has 0 fully saturated rings. The number of phenols is 2. The van der Waals surface area contributed by atoms with Gasteiger partial charge in [-0.3, -0.25) is 9.59 Å². The van der Waals surface area contributed by atoms with Gasteiger partial charge in [0.05, 0.1) is 28.0 Å². The van der Waals surface area contributed by atoms with Crippen molar-refractivity contribution in [1.82, 2.24) is 9.97 Å². The number of carbonyl (C=O) groups excluding carboxylic acids is 2. The third-order valence-electron chi connectivity index (χ3n) is 15.4. The first kappa shape index (κ1) is 48.3. The first-order valence-corrected chi connectivity index (χ1v) is 26.3. The molecule has 384 valence electrons. The van der Waals surface area contributed by atoms with Crippen LogP contribution in [0.4, 0.5) is 28.4 Å². The molecule has 1 aliphatic carbocycles. The molecule has 80 heavy (non-hydrogen) atoms. The summed E-state index contributed by atoms with van der Waals surface area (Å²) in [5.41, 5.74) is 9.36. The Hall–Kier alpha value is -10.1. The highest BCUT2D eigenvalue weighted by Gasteiger charge is 2.29. The Morgan fingerprint density at radius 1 is 0.525 bits per heavy atom. The number of para-hydroxylation sites is 1. The van der Waals surface area contributed by atoms with Crippen LogP contribution >= 0.6 is 23.2 Å². The van der Waals surface area contributed by atoms with E-state index in [0.29, 0.717) is 92.7 Å². The number of benzene rings is 11. The van der Waals surface area contributed by atoms with Crippen molar-refractivity contribution in [2.75, 3.05) is 5.32 Å². The summed E-state index contributed by atoms with van der Waals surface area (Å²) in [6.07, 6.45) is 0. The van der Waals surface area contributed by atoms with Gasteiger partial charge < -0.3 is 25.5 Å². The molecule has 0 spiro atoms. The van der Waals surface area contributed by atoms with Crippen molar-refractivity contribution in [3.05, 3.63) is 224 Å². The molecule has 0 aliphatic heterocycles. The maximum Gasteiger partial charge on any atom is 0.259 e. The fourth-order valence-corrected chi connectivity index (χ4v) is 11.9. The molecular formula is C65H40Cl2N8O5. The van der Waals surface area contributed by atoms with Gasteiger partial charge in [-0.1, -0.05) is 125 Å². The lowest BCUT2D eigenvalue weighted by atomic mass is 9.82. The highest BCUT2D eigenvalue weighted by molar-refractivity contribution is 6.33. The number of carbonyl (C=O) groups is 2. The lowest BCUT2D eigenvalue weighted by Crippen LogP contribution is -2.13. The molecule has 14 rings (SSSR count). The number of nitrogens with zero attached hydrogens (tertiary/aromatic N) is 5. The number of fused-ring (bicyclic) bond motifs is 12. The summed E-state index contributed by atoms with van der Waals surface area (Å²) in [6, 6.07) is 50.3. The van der Waals surface area contributed by atoms with E-state index in [2.05, 4.69) is 25.6 Å². The summed E-state index contributed by atoms with van der Waals surface area (Å²) in [4.78, 5) is 48.5. The van der Waals surface area contributed by atoms with Crippen LogP contribution in [0.25, 0.3) is 87.1 Å². The Balaban J connectivity index is 0.876. The molecule has 1 aliphatic rings. The molecule has 15 heteroatoms. The number of nitrogens with one attached hydrogen (secondary N) is 3. The number of H-pyrrole nitrogens is 2. The van der Waals surface area contributed by atoms with E-state index in [9.17, 15) is 24.7 Å². The molecule has 0 bridgehead atoms. The summed E-state index contributed by atoms with van der Waals surface area (Å²) < 4.78 is 0. The van der Waals surface area contributed by atoms with E-state index < -0.39 is 11.9 Å². The molecule has 13 aromatic rings. The number of hydrogen-bond donors (Lipinski definition) is 5. The second-order valence-corrected chi connectivity index (χ2v) is 20.9. The van der Waals surface area contributed by atoms with E-state index in [1.165, 1.54) is 0 Å². The third-order valence-corrected chi connectivity index (χ3v) is 15.9. The number of nitroso groups, excluding NO2 is 1. The minimum absolute atomic E-state index is 0.00380. The summed E-state index contributed by atoms with van der Waals surface area (Å²) in [7, 11) is 0. The molecule has 2 heterocycles. The summed E-state index contributed by atoms with van der Waals surface area (Å²) in [5, 5.41) is 58.2. The van der Waals surface area contributed by atoms with Gasteiger partial charge in [0.25, 0.3) is 5.91 Å². The number of aromatic amines is 2. The lowest BCUT2D eigenvalue weighted by molar-refractivity contribution is 0.102. The van der Waals surface area contributed by atoms with E-state index >= 15 is 0 Å². The summed E-state index contributed by atoms with van der Waals surface area (Å²) in [5.74, 6) is -1.42. The first-order chi connectivity index (χ1) is 38.9.